The van der Waals surface area contributed by atoms with Crippen LogP contribution in [0.25, 0.3) is 0 Å². The van der Waals surface area contributed by atoms with Crippen molar-refractivity contribution in [2.24, 2.45) is 5.92 Å². The molecule has 0 aliphatic carbocycles. The van der Waals surface area contributed by atoms with E-state index in [2.05, 4.69) is 38.2 Å². The van der Waals surface area contributed by atoms with Crippen LogP contribution in [0.2, 0.25) is 0 Å². The summed E-state index contributed by atoms with van der Waals surface area (Å²) >= 11 is 0. The minimum absolute atomic E-state index is 0.136. The number of hydrogen-bond donors (Lipinski definition) is 5. The van der Waals surface area contributed by atoms with Crippen molar-refractivity contribution in [3.63, 3.8) is 0 Å². The van der Waals surface area contributed by atoms with E-state index < -0.39 is 54.5 Å². The summed E-state index contributed by atoms with van der Waals surface area (Å²) in [6.07, 6.45) is 31.5. The van der Waals surface area contributed by atoms with Gasteiger partial charge in [0.15, 0.2) is 6.10 Å². The summed E-state index contributed by atoms with van der Waals surface area (Å²) in [5.74, 6) is -9.23. The van der Waals surface area contributed by atoms with E-state index in [1.165, 1.54) is 77.0 Å². The largest absolute Gasteiger partial charge is 0.420 e. The highest BCUT2D eigenvalue weighted by Gasteiger charge is 2.70. The molecule has 54 heavy (non-hydrogen) atoms. The summed E-state index contributed by atoms with van der Waals surface area (Å²) in [7, 11) is 0. The lowest BCUT2D eigenvalue weighted by Gasteiger charge is -2.49. The smallest absolute Gasteiger partial charge is 0.399 e. The van der Waals surface area contributed by atoms with Crippen LogP contribution in [-0.2, 0) is 23.8 Å². The van der Waals surface area contributed by atoms with Gasteiger partial charge < -0.3 is 39.7 Å². The number of unbranched alkanes of at least 4 members (excludes halogenated alkanes) is 21. The predicted octanol–water partition coefficient (Wildman–Crippen LogP) is 9.23. The summed E-state index contributed by atoms with van der Waals surface area (Å²) in [5.41, 5.74) is 0. The molecule has 1 heterocycles. The molecular weight excluding hydrogens is 688 g/mol. The van der Waals surface area contributed by atoms with Gasteiger partial charge in [-0.15, -0.1) is 0 Å². The SMILES string of the molecule is CCCCCCCC/C=C\CCCCCCCC(=O)O[C@]1(O)[C@@H](O)[C@H](O)[C@@H](CO)OC1(O)OC(=O)C(CC)CCCCCC/C=C\CCCCCCCC. The summed E-state index contributed by atoms with van der Waals surface area (Å²) in [6, 6.07) is 0. The number of rotatable bonds is 34. The first-order valence-corrected chi connectivity index (χ1v) is 21.9. The zero-order valence-electron chi connectivity index (χ0n) is 34.4. The predicted molar refractivity (Wildman–Crippen MR) is 214 cm³/mol. The van der Waals surface area contributed by atoms with Gasteiger partial charge >= 0.3 is 23.7 Å². The van der Waals surface area contributed by atoms with E-state index in [4.69, 9.17) is 14.2 Å². The number of aliphatic hydroxyl groups excluding tert-OH is 3. The molecule has 2 unspecified atom stereocenters. The molecule has 0 aromatic carbocycles. The highest BCUT2D eigenvalue weighted by molar-refractivity contribution is 5.73. The van der Waals surface area contributed by atoms with Gasteiger partial charge in [0.05, 0.1) is 12.5 Å². The summed E-state index contributed by atoms with van der Waals surface area (Å²) in [5, 5.41) is 53.7. The molecule has 5 N–H and O–H groups in total. The van der Waals surface area contributed by atoms with Gasteiger partial charge in [0, 0.05) is 6.42 Å². The molecule has 1 rings (SSSR count). The molecular formula is C44H80O10. The molecule has 0 aromatic rings. The Kier molecular flexibility index (Phi) is 29.1. The Bertz CT molecular complexity index is 1000. The molecule has 0 spiro atoms. The third-order valence-corrected chi connectivity index (χ3v) is 10.6. The molecule has 0 saturated carbocycles. The molecule has 1 fully saturated rings. The van der Waals surface area contributed by atoms with Gasteiger partial charge in [-0.3, -0.25) is 9.59 Å². The van der Waals surface area contributed by atoms with E-state index in [-0.39, 0.29) is 6.42 Å². The third-order valence-electron chi connectivity index (χ3n) is 10.6. The molecule has 0 radical (unpaired) electrons. The molecule has 1 aliphatic heterocycles. The minimum atomic E-state index is -3.36. The Hall–Kier alpha value is -1.82. The first kappa shape index (κ1) is 50.2. The van der Waals surface area contributed by atoms with Gasteiger partial charge in [0.25, 0.3) is 0 Å². The van der Waals surface area contributed by atoms with E-state index in [0.29, 0.717) is 19.3 Å². The van der Waals surface area contributed by atoms with E-state index in [9.17, 15) is 35.1 Å². The standard InChI is InChI=1S/C44H80O10/c1-4-7-9-11-13-15-17-19-21-23-25-27-29-31-33-35-39(46)53-43(50)41(48)40(47)38(36-45)52-44(43,51)54-42(49)37(6-3)34-32-30-28-26-24-22-20-18-16-14-12-10-8-5-2/h19-22,37-38,40-41,45,47-48,50-51H,4-18,23-36H2,1-3H3/b21-19-,22-20-/t37?,38-,40-,41+,43-,44?/m1/s1. The van der Waals surface area contributed by atoms with Crippen LogP contribution < -0.4 is 0 Å². The average molecular weight is 769 g/mol. The summed E-state index contributed by atoms with van der Waals surface area (Å²) < 4.78 is 15.7. The van der Waals surface area contributed by atoms with Crippen LogP contribution in [0.3, 0.4) is 0 Å². The van der Waals surface area contributed by atoms with Crippen molar-refractivity contribution in [2.45, 2.75) is 231 Å². The van der Waals surface area contributed by atoms with Crippen molar-refractivity contribution in [3.8, 4) is 0 Å². The molecule has 1 aliphatic rings. The van der Waals surface area contributed by atoms with Crippen LogP contribution in [0.15, 0.2) is 24.3 Å². The van der Waals surface area contributed by atoms with Crippen molar-refractivity contribution >= 4 is 11.9 Å². The van der Waals surface area contributed by atoms with Gasteiger partial charge in [0.2, 0.25) is 0 Å². The number of aliphatic hydroxyl groups is 5. The first-order valence-electron chi connectivity index (χ1n) is 21.9. The van der Waals surface area contributed by atoms with Crippen molar-refractivity contribution in [2.75, 3.05) is 6.61 Å². The van der Waals surface area contributed by atoms with Gasteiger partial charge in [0.1, 0.15) is 12.2 Å². The topological polar surface area (TPSA) is 163 Å². The fraction of sp³-hybridized carbons (Fsp3) is 0.864. The van der Waals surface area contributed by atoms with Gasteiger partial charge in [-0.1, -0.05) is 148 Å². The minimum Gasteiger partial charge on any atom is -0.420 e. The van der Waals surface area contributed by atoms with Crippen LogP contribution in [-0.4, -0.2) is 74.2 Å². The molecule has 0 amide bonds. The molecule has 1 saturated heterocycles. The number of esters is 2. The lowest BCUT2D eigenvalue weighted by atomic mass is 9.93. The summed E-state index contributed by atoms with van der Waals surface area (Å²) in [4.78, 5) is 26.1. The third kappa shape index (κ3) is 20.4. The van der Waals surface area contributed by atoms with Crippen molar-refractivity contribution in [1.82, 2.24) is 0 Å². The number of hydrogen-bond acceptors (Lipinski definition) is 10. The average Bonchev–Trinajstić information content (AvgIpc) is 3.15. The van der Waals surface area contributed by atoms with Crippen molar-refractivity contribution in [3.05, 3.63) is 24.3 Å². The van der Waals surface area contributed by atoms with E-state index in [0.717, 1.165) is 77.0 Å². The lowest BCUT2D eigenvalue weighted by Crippen LogP contribution is -2.75. The van der Waals surface area contributed by atoms with Crippen LogP contribution in [0.4, 0.5) is 0 Å². The molecule has 10 heteroatoms. The van der Waals surface area contributed by atoms with Gasteiger partial charge in [-0.05, 0) is 70.6 Å². The normalized spacial score (nSPS) is 23.7. The van der Waals surface area contributed by atoms with Crippen LogP contribution in [0.1, 0.15) is 201 Å². The maximum atomic E-state index is 13.3. The van der Waals surface area contributed by atoms with Crippen LogP contribution >= 0.6 is 0 Å². The second-order valence-electron chi connectivity index (χ2n) is 15.4. The Morgan fingerprint density at radius 1 is 0.630 bits per heavy atom. The molecule has 316 valence electrons. The zero-order chi connectivity index (χ0) is 39.9. The quantitative estimate of drug-likeness (QED) is 0.0185. The second-order valence-corrected chi connectivity index (χ2v) is 15.4. The lowest BCUT2D eigenvalue weighted by molar-refractivity contribution is -0.511. The number of allylic oxidation sites excluding steroid dienone is 4. The molecule has 6 atom stereocenters. The van der Waals surface area contributed by atoms with Gasteiger partial charge in [-0.2, -0.15) is 0 Å². The monoisotopic (exact) mass is 769 g/mol. The van der Waals surface area contributed by atoms with Crippen LogP contribution in [0, 0.1) is 5.92 Å². The molecule has 0 bridgehead atoms. The van der Waals surface area contributed by atoms with Crippen LogP contribution in [0.5, 0.6) is 0 Å². The Morgan fingerprint density at radius 3 is 1.50 bits per heavy atom. The molecule has 0 aromatic heterocycles. The van der Waals surface area contributed by atoms with E-state index in [1.54, 1.807) is 6.92 Å². The Labute approximate surface area is 328 Å². The van der Waals surface area contributed by atoms with E-state index in [1.807, 2.05) is 0 Å². The fourth-order valence-electron chi connectivity index (χ4n) is 6.91. The van der Waals surface area contributed by atoms with Gasteiger partial charge in [-0.25, -0.2) is 0 Å². The number of ether oxygens (including phenoxy) is 3. The Morgan fingerprint density at radius 2 is 1.06 bits per heavy atom. The summed E-state index contributed by atoms with van der Waals surface area (Å²) in [6.45, 7) is 5.38. The number of carbonyl (C=O) groups excluding carboxylic acids is 2. The maximum Gasteiger partial charge on any atom is 0.399 e. The highest BCUT2D eigenvalue weighted by Crippen LogP contribution is 2.40. The maximum absolute atomic E-state index is 13.3. The zero-order valence-corrected chi connectivity index (χ0v) is 34.4. The Balaban J connectivity index is 2.50. The fourth-order valence-corrected chi connectivity index (χ4v) is 6.91. The van der Waals surface area contributed by atoms with Crippen molar-refractivity contribution < 1.29 is 49.3 Å². The van der Waals surface area contributed by atoms with Crippen molar-refractivity contribution in [1.29, 1.82) is 0 Å². The number of carbonyl (C=O) groups is 2. The molecule has 10 nitrogen and oxygen atoms in total. The highest BCUT2D eigenvalue weighted by atomic mass is 16.9. The first-order chi connectivity index (χ1) is 26.1. The van der Waals surface area contributed by atoms with E-state index >= 15 is 0 Å². The second kappa shape index (κ2) is 31.3.